The van der Waals surface area contributed by atoms with Crippen molar-refractivity contribution in [3.63, 3.8) is 0 Å². The fourth-order valence-electron chi connectivity index (χ4n) is 4.74. The van der Waals surface area contributed by atoms with Gasteiger partial charge in [0.25, 0.3) is 11.8 Å². The lowest BCUT2D eigenvalue weighted by Crippen LogP contribution is -2.15. The van der Waals surface area contributed by atoms with E-state index in [9.17, 15) is 9.59 Å². The maximum Gasteiger partial charge on any atom is 0.255 e. The van der Waals surface area contributed by atoms with E-state index in [0.29, 0.717) is 90.7 Å². The fourth-order valence-corrected chi connectivity index (χ4v) is 4.74. The number of amides is 2. The minimum atomic E-state index is -0.306. The molecule has 4 bridgehead atoms. The number of carbonyl (C=O) groups is 2. The number of hydrogen-bond donors (Lipinski definition) is 2. The van der Waals surface area contributed by atoms with Crippen molar-refractivity contribution in [3.05, 3.63) is 119 Å². The first-order valence-corrected chi connectivity index (χ1v) is 15.7. The van der Waals surface area contributed by atoms with Gasteiger partial charge in [0.2, 0.25) is 0 Å². The van der Waals surface area contributed by atoms with Gasteiger partial charge in [0.05, 0.1) is 37.8 Å². The van der Waals surface area contributed by atoms with Gasteiger partial charge in [0, 0.05) is 11.1 Å². The molecule has 1 aliphatic heterocycles. The van der Waals surface area contributed by atoms with Crippen molar-refractivity contribution in [1.29, 1.82) is 0 Å². The lowest BCUT2D eigenvalue weighted by molar-refractivity contribution is 0.0273. The third-order valence-corrected chi connectivity index (χ3v) is 7.19. The van der Waals surface area contributed by atoms with Crippen molar-refractivity contribution in [3.8, 4) is 23.0 Å². The van der Waals surface area contributed by atoms with Gasteiger partial charge in [-0.1, -0.05) is 30.8 Å². The number of carbonyl (C=O) groups excluding carboxylic acids is 2. The molecule has 1 heterocycles. The molecule has 2 amide bonds. The normalized spacial score (nSPS) is 15.6. The molecule has 0 fully saturated rings. The van der Waals surface area contributed by atoms with Gasteiger partial charge in [-0.2, -0.15) is 0 Å². The molecule has 0 aromatic heterocycles. The van der Waals surface area contributed by atoms with Crippen LogP contribution in [0.4, 0.5) is 11.4 Å². The van der Waals surface area contributed by atoms with Gasteiger partial charge in [-0.3, -0.25) is 9.59 Å². The Morgan fingerprint density at radius 2 is 0.979 bits per heavy atom. The van der Waals surface area contributed by atoms with Gasteiger partial charge in [-0.15, -0.1) is 0 Å². The third kappa shape index (κ3) is 10.1. The highest BCUT2D eigenvalue weighted by Crippen LogP contribution is 2.29. The van der Waals surface area contributed by atoms with Crippen molar-refractivity contribution in [2.24, 2.45) is 0 Å². The minimum absolute atomic E-state index is 0.142. The number of fused-ring (bicyclic) bond motifs is 6. The van der Waals surface area contributed by atoms with Gasteiger partial charge in [-0.05, 0) is 91.2 Å². The SMILES string of the molecule is C=C1COc2ccc(C)cc2NC(=O)c2cccc(c2)OCCOCCOCCOc2cccc(c2)C(=O)Nc2cc(C)ccc2OC1. The predicted octanol–water partition coefficient (Wildman–Crippen LogP) is 6.63. The van der Waals surface area contributed by atoms with E-state index in [1.165, 1.54) is 0 Å². The van der Waals surface area contributed by atoms with E-state index in [2.05, 4.69) is 17.2 Å². The quantitative estimate of drug-likeness (QED) is 0.204. The molecule has 2 N–H and O–H groups in total. The zero-order valence-corrected chi connectivity index (χ0v) is 27.2. The van der Waals surface area contributed by atoms with E-state index in [0.717, 1.165) is 11.1 Å². The smallest absolute Gasteiger partial charge is 0.255 e. The predicted molar refractivity (Wildman–Crippen MR) is 184 cm³/mol. The highest BCUT2D eigenvalue weighted by Gasteiger charge is 2.15. The lowest BCUT2D eigenvalue weighted by Gasteiger charge is -2.17. The van der Waals surface area contributed by atoms with Crippen LogP contribution in [-0.2, 0) is 9.47 Å². The second-order valence-corrected chi connectivity index (χ2v) is 11.2. The Bertz CT molecular complexity index is 1610. The molecule has 0 saturated heterocycles. The zero-order chi connectivity index (χ0) is 33.7. The summed E-state index contributed by atoms with van der Waals surface area (Å²) in [7, 11) is 0. The van der Waals surface area contributed by atoms with Crippen LogP contribution in [0.1, 0.15) is 31.8 Å². The summed E-state index contributed by atoms with van der Waals surface area (Å²) in [6.07, 6.45) is 0. The summed E-state index contributed by atoms with van der Waals surface area (Å²) in [4.78, 5) is 26.4. The van der Waals surface area contributed by atoms with E-state index in [1.807, 2.05) is 38.1 Å². The molecular formula is C38H40N2O8. The van der Waals surface area contributed by atoms with E-state index < -0.39 is 0 Å². The zero-order valence-electron chi connectivity index (χ0n) is 27.2. The van der Waals surface area contributed by atoms with Crippen LogP contribution >= 0.6 is 0 Å². The number of anilines is 2. The van der Waals surface area contributed by atoms with Gasteiger partial charge >= 0.3 is 0 Å². The van der Waals surface area contributed by atoms with Crippen LogP contribution in [0.5, 0.6) is 23.0 Å². The van der Waals surface area contributed by atoms with Gasteiger partial charge < -0.3 is 39.1 Å². The van der Waals surface area contributed by atoms with Crippen LogP contribution in [0.3, 0.4) is 0 Å². The summed E-state index contributed by atoms with van der Waals surface area (Å²) < 4.78 is 35.0. The summed E-state index contributed by atoms with van der Waals surface area (Å²) in [5.41, 5.74) is 4.48. The number of ether oxygens (including phenoxy) is 6. The molecule has 250 valence electrons. The molecule has 10 heteroatoms. The number of benzene rings is 4. The van der Waals surface area contributed by atoms with Gasteiger partial charge in [0.1, 0.15) is 49.4 Å². The summed E-state index contributed by atoms with van der Waals surface area (Å²) in [6.45, 7) is 10.4. The number of aryl methyl sites for hydroxylation is 2. The number of nitrogens with one attached hydrogen (secondary N) is 2. The summed E-state index contributed by atoms with van der Waals surface area (Å²) in [5.74, 6) is 1.47. The van der Waals surface area contributed by atoms with Crippen LogP contribution in [0.15, 0.2) is 97.1 Å². The minimum Gasteiger partial charge on any atom is -0.491 e. The van der Waals surface area contributed by atoms with Gasteiger partial charge in [-0.25, -0.2) is 0 Å². The highest BCUT2D eigenvalue weighted by molar-refractivity contribution is 6.06. The standard InChI is InChI=1S/C38H40N2O8/c1-26-10-12-35-33(20-26)39-37(41)29-6-4-8-31(22-29)45-18-16-43-14-15-44-17-19-46-32-9-5-7-30(23-32)38(42)40-34-21-27(2)11-13-36(34)48-25-28(3)24-47-35/h4-13,20-23H,3,14-19,24-25H2,1-2H3,(H,39,41)(H,40,42). The molecule has 48 heavy (non-hydrogen) atoms. The molecule has 0 unspecified atom stereocenters. The molecule has 4 aromatic carbocycles. The Hall–Kier alpha value is -5.32. The van der Waals surface area contributed by atoms with Crippen LogP contribution in [0, 0.1) is 13.8 Å². The highest BCUT2D eigenvalue weighted by atomic mass is 16.6. The van der Waals surface area contributed by atoms with E-state index in [4.69, 9.17) is 28.4 Å². The molecular weight excluding hydrogens is 612 g/mol. The second-order valence-electron chi connectivity index (χ2n) is 11.2. The lowest BCUT2D eigenvalue weighted by atomic mass is 10.1. The monoisotopic (exact) mass is 652 g/mol. The Balaban J connectivity index is 1.31. The summed E-state index contributed by atoms with van der Waals surface area (Å²) in [6, 6.07) is 25.0. The summed E-state index contributed by atoms with van der Waals surface area (Å²) in [5, 5.41) is 5.91. The molecule has 0 saturated carbocycles. The molecule has 5 rings (SSSR count). The first kappa shape index (κ1) is 34.0. The van der Waals surface area contributed by atoms with Crippen LogP contribution < -0.4 is 29.6 Å². The molecule has 10 nitrogen and oxygen atoms in total. The first-order chi connectivity index (χ1) is 23.3. The van der Waals surface area contributed by atoms with E-state index in [-0.39, 0.29) is 25.0 Å². The first-order valence-electron chi connectivity index (χ1n) is 15.7. The molecule has 0 aliphatic carbocycles. The molecule has 4 aromatic rings. The largest absolute Gasteiger partial charge is 0.491 e. The van der Waals surface area contributed by atoms with Gasteiger partial charge in [0.15, 0.2) is 0 Å². The van der Waals surface area contributed by atoms with Crippen molar-refractivity contribution < 1.29 is 38.0 Å². The van der Waals surface area contributed by atoms with E-state index in [1.54, 1.807) is 60.7 Å². The molecule has 0 radical (unpaired) electrons. The summed E-state index contributed by atoms with van der Waals surface area (Å²) >= 11 is 0. The van der Waals surface area contributed by atoms with Crippen molar-refractivity contribution in [1.82, 2.24) is 0 Å². The Morgan fingerprint density at radius 3 is 1.44 bits per heavy atom. The van der Waals surface area contributed by atoms with Crippen LogP contribution in [0.25, 0.3) is 0 Å². The van der Waals surface area contributed by atoms with Crippen molar-refractivity contribution >= 4 is 23.2 Å². The maximum atomic E-state index is 13.2. The van der Waals surface area contributed by atoms with Crippen molar-refractivity contribution in [2.45, 2.75) is 13.8 Å². The average molecular weight is 653 g/mol. The Kier molecular flexibility index (Phi) is 12.1. The maximum absolute atomic E-state index is 13.2. The molecule has 1 aliphatic rings. The Morgan fingerprint density at radius 1 is 0.542 bits per heavy atom. The Labute approximate surface area is 280 Å². The molecule has 0 spiro atoms. The van der Waals surface area contributed by atoms with Crippen LogP contribution in [-0.4, -0.2) is 64.7 Å². The average Bonchev–Trinajstić information content (AvgIpc) is 3.08. The number of hydrogen-bond acceptors (Lipinski definition) is 8. The van der Waals surface area contributed by atoms with Crippen LogP contribution in [0.2, 0.25) is 0 Å². The van der Waals surface area contributed by atoms with Crippen molar-refractivity contribution in [2.75, 3.05) is 63.5 Å². The second kappa shape index (κ2) is 17.0. The number of rotatable bonds is 0. The topological polar surface area (TPSA) is 114 Å². The van der Waals surface area contributed by atoms with E-state index >= 15 is 0 Å². The molecule has 0 atom stereocenters. The fraction of sp³-hybridized carbons (Fsp3) is 0.263. The third-order valence-electron chi connectivity index (χ3n) is 7.19.